The highest BCUT2D eigenvalue weighted by Crippen LogP contribution is 2.27. The average Bonchev–Trinajstić information content (AvgIpc) is 2.45. The third-order valence-electron chi connectivity index (χ3n) is 2.73. The summed E-state index contributed by atoms with van der Waals surface area (Å²) >= 11 is 0. The lowest BCUT2D eigenvalue weighted by molar-refractivity contribution is 0.475. The molecule has 0 saturated heterocycles. The molecule has 0 atom stereocenters. The molecule has 2 rings (SSSR count). The Bertz CT molecular complexity index is 557. The fraction of sp³-hybridized carbons (Fsp3) is 0.286. The zero-order chi connectivity index (χ0) is 13.7. The minimum atomic E-state index is 0.221. The highest BCUT2D eigenvalue weighted by atomic mass is 16.3. The predicted octanol–water partition coefficient (Wildman–Crippen LogP) is 1.78. The summed E-state index contributed by atoms with van der Waals surface area (Å²) < 4.78 is 0. The number of nitrogens with zero attached hydrogens (tertiary/aromatic N) is 2. The van der Waals surface area contributed by atoms with Crippen LogP contribution in [-0.2, 0) is 6.42 Å². The van der Waals surface area contributed by atoms with Crippen molar-refractivity contribution in [3.63, 3.8) is 0 Å². The molecule has 1 aromatic carbocycles. The van der Waals surface area contributed by atoms with Gasteiger partial charge in [-0.3, -0.25) is 0 Å². The van der Waals surface area contributed by atoms with Crippen LogP contribution in [0, 0.1) is 0 Å². The Morgan fingerprint density at radius 3 is 2.89 bits per heavy atom. The van der Waals surface area contributed by atoms with Gasteiger partial charge in [0.15, 0.2) is 0 Å². The lowest BCUT2D eigenvalue weighted by Gasteiger charge is -2.11. The van der Waals surface area contributed by atoms with Crippen molar-refractivity contribution in [1.82, 2.24) is 9.97 Å². The van der Waals surface area contributed by atoms with E-state index in [1.54, 1.807) is 24.4 Å². The van der Waals surface area contributed by atoms with Gasteiger partial charge in [-0.2, -0.15) is 0 Å². The summed E-state index contributed by atoms with van der Waals surface area (Å²) in [6.07, 6.45) is 2.53. The number of benzene rings is 1. The lowest BCUT2D eigenvalue weighted by atomic mass is 10.1. The van der Waals surface area contributed by atoms with Crippen LogP contribution in [0.4, 0.5) is 5.69 Å². The zero-order valence-corrected chi connectivity index (χ0v) is 10.9. The van der Waals surface area contributed by atoms with Crippen molar-refractivity contribution in [2.75, 3.05) is 18.4 Å². The molecule has 0 spiro atoms. The van der Waals surface area contributed by atoms with Gasteiger partial charge >= 0.3 is 0 Å². The number of anilines is 1. The smallest absolute Gasteiger partial charge is 0.128 e. The van der Waals surface area contributed by atoms with Crippen molar-refractivity contribution >= 4 is 5.69 Å². The molecule has 0 bridgehead atoms. The molecule has 2 aromatic rings. The molecule has 0 saturated carbocycles. The van der Waals surface area contributed by atoms with E-state index in [1.807, 2.05) is 13.0 Å². The van der Waals surface area contributed by atoms with Crippen LogP contribution in [0.15, 0.2) is 30.5 Å². The standard InChI is InChI=1S/C14H18N4O/c1-2-13-17-9-12(16-7-6-15)14(18-13)10-4-3-5-11(19)8-10/h3-5,8-9,16,19H,2,6-7,15H2,1H3. The van der Waals surface area contributed by atoms with Crippen molar-refractivity contribution in [2.45, 2.75) is 13.3 Å². The van der Waals surface area contributed by atoms with Gasteiger partial charge in [0.25, 0.3) is 0 Å². The molecule has 0 fully saturated rings. The average molecular weight is 258 g/mol. The van der Waals surface area contributed by atoms with Gasteiger partial charge in [-0.1, -0.05) is 19.1 Å². The third-order valence-corrected chi connectivity index (χ3v) is 2.73. The summed E-state index contributed by atoms with van der Waals surface area (Å²) in [4.78, 5) is 8.81. The molecule has 19 heavy (non-hydrogen) atoms. The lowest BCUT2D eigenvalue weighted by Crippen LogP contribution is -2.14. The van der Waals surface area contributed by atoms with Crippen LogP contribution in [-0.4, -0.2) is 28.2 Å². The van der Waals surface area contributed by atoms with Crippen molar-refractivity contribution in [3.8, 4) is 17.0 Å². The van der Waals surface area contributed by atoms with E-state index in [4.69, 9.17) is 5.73 Å². The maximum atomic E-state index is 9.58. The molecule has 5 heteroatoms. The quantitative estimate of drug-likeness (QED) is 0.761. The van der Waals surface area contributed by atoms with E-state index in [1.165, 1.54) is 0 Å². The Morgan fingerprint density at radius 1 is 1.37 bits per heavy atom. The molecule has 0 radical (unpaired) electrons. The number of phenols is 1. The first-order chi connectivity index (χ1) is 9.24. The van der Waals surface area contributed by atoms with Crippen LogP contribution in [0.5, 0.6) is 5.75 Å². The zero-order valence-electron chi connectivity index (χ0n) is 10.9. The van der Waals surface area contributed by atoms with Crippen molar-refractivity contribution in [3.05, 3.63) is 36.3 Å². The molecule has 0 unspecified atom stereocenters. The summed E-state index contributed by atoms with van der Waals surface area (Å²) in [5, 5.41) is 12.8. The molecule has 0 amide bonds. The van der Waals surface area contributed by atoms with Crippen LogP contribution >= 0.6 is 0 Å². The van der Waals surface area contributed by atoms with Gasteiger partial charge in [0.2, 0.25) is 0 Å². The highest BCUT2D eigenvalue weighted by Gasteiger charge is 2.09. The number of aromatic hydroxyl groups is 1. The Balaban J connectivity index is 2.45. The predicted molar refractivity (Wildman–Crippen MR) is 76.1 cm³/mol. The molecule has 4 N–H and O–H groups in total. The summed E-state index contributed by atoms with van der Waals surface area (Å²) in [6, 6.07) is 7.04. The monoisotopic (exact) mass is 258 g/mol. The number of phenolic OH excluding ortho intramolecular Hbond substituents is 1. The first kappa shape index (κ1) is 13.3. The Labute approximate surface area is 112 Å². The second-order valence-electron chi connectivity index (χ2n) is 4.17. The molecule has 1 heterocycles. The van der Waals surface area contributed by atoms with E-state index >= 15 is 0 Å². The minimum Gasteiger partial charge on any atom is -0.508 e. The van der Waals surface area contributed by atoms with E-state index < -0.39 is 0 Å². The second kappa shape index (κ2) is 6.15. The van der Waals surface area contributed by atoms with Crippen LogP contribution in [0.3, 0.4) is 0 Å². The first-order valence-corrected chi connectivity index (χ1v) is 6.34. The van der Waals surface area contributed by atoms with Gasteiger partial charge in [-0.15, -0.1) is 0 Å². The fourth-order valence-corrected chi connectivity index (χ4v) is 1.80. The first-order valence-electron chi connectivity index (χ1n) is 6.34. The largest absolute Gasteiger partial charge is 0.508 e. The minimum absolute atomic E-state index is 0.221. The number of rotatable bonds is 5. The Kier molecular flexibility index (Phi) is 4.30. The summed E-state index contributed by atoms with van der Waals surface area (Å²) in [7, 11) is 0. The topological polar surface area (TPSA) is 84.1 Å². The van der Waals surface area contributed by atoms with Gasteiger partial charge in [-0.05, 0) is 12.1 Å². The van der Waals surface area contributed by atoms with Gasteiger partial charge < -0.3 is 16.2 Å². The normalized spacial score (nSPS) is 10.4. The maximum Gasteiger partial charge on any atom is 0.128 e. The van der Waals surface area contributed by atoms with Gasteiger partial charge in [-0.25, -0.2) is 9.97 Å². The molecular formula is C14H18N4O. The van der Waals surface area contributed by atoms with Crippen LogP contribution in [0.2, 0.25) is 0 Å². The van der Waals surface area contributed by atoms with Crippen molar-refractivity contribution in [2.24, 2.45) is 5.73 Å². The molecule has 5 nitrogen and oxygen atoms in total. The van der Waals surface area contributed by atoms with Gasteiger partial charge in [0.05, 0.1) is 17.6 Å². The third kappa shape index (κ3) is 3.20. The molecule has 0 aliphatic rings. The van der Waals surface area contributed by atoms with Gasteiger partial charge in [0.1, 0.15) is 11.6 Å². The molecule has 100 valence electrons. The van der Waals surface area contributed by atoms with Crippen LogP contribution in [0.1, 0.15) is 12.7 Å². The Morgan fingerprint density at radius 2 is 2.21 bits per heavy atom. The second-order valence-corrected chi connectivity index (χ2v) is 4.17. The molecule has 0 aliphatic carbocycles. The Hall–Kier alpha value is -2.14. The van der Waals surface area contributed by atoms with Crippen LogP contribution < -0.4 is 11.1 Å². The maximum absolute atomic E-state index is 9.58. The van der Waals surface area contributed by atoms with Gasteiger partial charge in [0, 0.05) is 25.1 Å². The number of nitrogens with two attached hydrogens (primary N) is 1. The number of hydrogen-bond acceptors (Lipinski definition) is 5. The van der Waals surface area contributed by atoms with E-state index in [9.17, 15) is 5.11 Å². The number of hydrogen-bond donors (Lipinski definition) is 3. The van der Waals surface area contributed by atoms with Crippen LogP contribution in [0.25, 0.3) is 11.3 Å². The molecule has 0 aliphatic heterocycles. The molecular weight excluding hydrogens is 240 g/mol. The van der Waals surface area contributed by atoms with Crippen molar-refractivity contribution in [1.29, 1.82) is 0 Å². The highest BCUT2D eigenvalue weighted by molar-refractivity contribution is 5.74. The van der Waals surface area contributed by atoms with Crippen molar-refractivity contribution < 1.29 is 5.11 Å². The number of aryl methyl sites for hydroxylation is 1. The van der Waals surface area contributed by atoms with E-state index in [0.29, 0.717) is 13.1 Å². The van der Waals surface area contributed by atoms with E-state index in [0.717, 1.165) is 29.2 Å². The molecule has 1 aromatic heterocycles. The van der Waals surface area contributed by atoms with E-state index in [2.05, 4.69) is 15.3 Å². The number of aromatic nitrogens is 2. The SMILES string of the molecule is CCc1ncc(NCCN)c(-c2cccc(O)c2)n1. The summed E-state index contributed by atoms with van der Waals surface area (Å²) in [5.74, 6) is 0.996. The fourth-order valence-electron chi connectivity index (χ4n) is 1.80. The van der Waals surface area contributed by atoms with E-state index in [-0.39, 0.29) is 5.75 Å². The summed E-state index contributed by atoms with van der Waals surface area (Å²) in [6.45, 7) is 3.20. The summed E-state index contributed by atoms with van der Waals surface area (Å²) in [5.41, 5.74) is 7.98. The number of nitrogens with one attached hydrogen (secondary N) is 1.